The Hall–Kier alpha value is -2.13. The second kappa shape index (κ2) is 8.35. The Morgan fingerprint density at radius 3 is 1.86 bits per heavy atom. The summed E-state index contributed by atoms with van der Waals surface area (Å²) in [4.78, 5) is 12.4. The average molecular weight is 296 g/mol. The minimum Gasteiger partial charge on any atom is -0.351 e. The van der Waals surface area contributed by atoms with Crippen LogP contribution in [0.1, 0.15) is 25.0 Å². The van der Waals surface area contributed by atoms with E-state index in [0.29, 0.717) is 13.1 Å². The lowest BCUT2D eigenvalue weighted by molar-refractivity contribution is -0.124. The molecule has 0 spiro atoms. The molecule has 22 heavy (non-hydrogen) atoms. The second-order valence-electron chi connectivity index (χ2n) is 5.79. The van der Waals surface area contributed by atoms with Gasteiger partial charge >= 0.3 is 0 Å². The van der Waals surface area contributed by atoms with Gasteiger partial charge < -0.3 is 10.6 Å². The van der Waals surface area contributed by atoms with Gasteiger partial charge in [-0.1, -0.05) is 74.5 Å². The number of nitrogens with one attached hydrogen (secondary N) is 2. The third-order valence-electron chi connectivity index (χ3n) is 3.63. The van der Waals surface area contributed by atoms with Crippen molar-refractivity contribution in [1.82, 2.24) is 10.6 Å². The first-order chi connectivity index (χ1) is 10.7. The lowest BCUT2D eigenvalue weighted by Gasteiger charge is -2.22. The molecule has 0 saturated carbocycles. The standard InChI is InChI=1S/C19H24N2O/c1-15(2)18(20-13-16-9-5-3-6-10-16)19(22)21-14-17-11-7-4-8-12-17/h3-12,15,18,20H,13-14H2,1-2H3,(H,21,22)/t18-/m0/s1. The number of carbonyl (C=O) groups excluding carboxylic acids is 1. The third kappa shape index (κ3) is 5.01. The molecule has 116 valence electrons. The number of amides is 1. The number of hydrogen-bond donors (Lipinski definition) is 2. The zero-order chi connectivity index (χ0) is 15.8. The molecular weight excluding hydrogens is 272 g/mol. The molecule has 0 bridgehead atoms. The summed E-state index contributed by atoms with van der Waals surface area (Å²) in [7, 11) is 0. The predicted molar refractivity (Wildman–Crippen MR) is 90.2 cm³/mol. The van der Waals surface area contributed by atoms with Crippen LogP contribution in [0.2, 0.25) is 0 Å². The van der Waals surface area contributed by atoms with Gasteiger partial charge in [0.25, 0.3) is 0 Å². The van der Waals surface area contributed by atoms with Gasteiger partial charge in [-0.15, -0.1) is 0 Å². The summed E-state index contributed by atoms with van der Waals surface area (Å²) in [5.74, 6) is 0.286. The molecule has 0 aliphatic rings. The SMILES string of the molecule is CC(C)[C@H](NCc1ccccc1)C(=O)NCc1ccccc1. The molecule has 2 aromatic rings. The largest absolute Gasteiger partial charge is 0.351 e. The van der Waals surface area contributed by atoms with Gasteiger partial charge in [0, 0.05) is 13.1 Å². The maximum Gasteiger partial charge on any atom is 0.237 e. The highest BCUT2D eigenvalue weighted by molar-refractivity contribution is 5.82. The van der Waals surface area contributed by atoms with Crippen LogP contribution in [-0.2, 0) is 17.9 Å². The van der Waals surface area contributed by atoms with Crippen LogP contribution in [0.5, 0.6) is 0 Å². The second-order valence-corrected chi connectivity index (χ2v) is 5.79. The van der Waals surface area contributed by atoms with Gasteiger partial charge in [-0.25, -0.2) is 0 Å². The van der Waals surface area contributed by atoms with Crippen molar-refractivity contribution >= 4 is 5.91 Å². The van der Waals surface area contributed by atoms with Crippen molar-refractivity contribution in [3.63, 3.8) is 0 Å². The fraction of sp³-hybridized carbons (Fsp3) is 0.316. The number of rotatable bonds is 7. The maximum absolute atomic E-state index is 12.4. The number of hydrogen-bond acceptors (Lipinski definition) is 2. The van der Waals surface area contributed by atoms with E-state index in [9.17, 15) is 4.79 Å². The average Bonchev–Trinajstić information content (AvgIpc) is 2.55. The van der Waals surface area contributed by atoms with Gasteiger partial charge in [-0.3, -0.25) is 4.79 Å². The minimum absolute atomic E-state index is 0.0507. The normalized spacial score (nSPS) is 12.1. The summed E-state index contributed by atoms with van der Waals surface area (Å²) >= 11 is 0. The minimum atomic E-state index is -0.191. The molecule has 2 rings (SSSR count). The molecule has 0 unspecified atom stereocenters. The number of benzene rings is 2. The van der Waals surface area contributed by atoms with E-state index in [2.05, 4.69) is 36.6 Å². The molecule has 0 aliphatic heterocycles. The summed E-state index contributed by atoms with van der Waals surface area (Å²) in [6, 6.07) is 19.9. The smallest absolute Gasteiger partial charge is 0.237 e. The van der Waals surface area contributed by atoms with E-state index >= 15 is 0 Å². The first kappa shape index (κ1) is 16.2. The Morgan fingerprint density at radius 1 is 0.864 bits per heavy atom. The highest BCUT2D eigenvalue weighted by Crippen LogP contribution is 2.06. The molecule has 0 aromatic heterocycles. The Kier molecular flexibility index (Phi) is 6.16. The maximum atomic E-state index is 12.4. The summed E-state index contributed by atoms with van der Waals surface area (Å²) in [6.45, 7) is 5.38. The molecule has 1 amide bonds. The third-order valence-corrected chi connectivity index (χ3v) is 3.63. The Labute approximate surface area is 132 Å². The molecule has 0 radical (unpaired) electrons. The Morgan fingerprint density at radius 2 is 1.36 bits per heavy atom. The van der Waals surface area contributed by atoms with Gasteiger partial charge in [-0.05, 0) is 17.0 Å². The molecular formula is C19H24N2O. The molecule has 2 aromatic carbocycles. The summed E-state index contributed by atoms with van der Waals surface area (Å²) in [6.07, 6.45) is 0. The highest BCUT2D eigenvalue weighted by Gasteiger charge is 2.21. The van der Waals surface area contributed by atoms with Crippen LogP contribution in [-0.4, -0.2) is 11.9 Å². The topological polar surface area (TPSA) is 41.1 Å². The number of carbonyl (C=O) groups is 1. The van der Waals surface area contributed by atoms with Crippen molar-refractivity contribution in [2.75, 3.05) is 0 Å². The molecule has 0 saturated heterocycles. The first-order valence-corrected chi connectivity index (χ1v) is 7.76. The van der Waals surface area contributed by atoms with Crippen LogP contribution >= 0.6 is 0 Å². The molecule has 0 aliphatic carbocycles. The van der Waals surface area contributed by atoms with Crippen molar-refractivity contribution in [3.8, 4) is 0 Å². The molecule has 0 fully saturated rings. The summed E-state index contributed by atoms with van der Waals surface area (Å²) in [5, 5.41) is 6.37. The van der Waals surface area contributed by atoms with E-state index in [1.165, 1.54) is 5.56 Å². The fourth-order valence-electron chi connectivity index (χ4n) is 2.35. The van der Waals surface area contributed by atoms with Crippen LogP contribution in [0, 0.1) is 5.92 Å². The van der Waals surface area contributed by atoms with E-state index in [1.54, 1.807) is 0 Å². The van der Waals surface area contributed by atoms with Crippen LogP contribution < -0.4 is 10.6 Å². The predicted octanol–water partition coefficient (Wildman–Crippen LogP) is 3.12. The molecule has 1 atom stereocenters. The van der Waals surface area contributed by atoms with Crippen molar-refractivity contribution in [2.24, 2.45) is 5.92 Å². The van der Waals surface area contributed by atoms with Crippen LogP contribution in [0.3, 0.4) is 0 Å². The van der Waals surface area contributed by atoms with Crippen LogP contribution in [0.25, 0.3) is 0 Å². The zero-order valence-corrected chi connectivity index (χ0v) is 13.3. The fourth-order valence-corrected chi connectivity index (χ4v) is 2.35. The Bertz CT molecular complexity index is 567. The van der Waals surface area contributed by atoms with Gasteiger partial charge in [0.2, 0.25) is 5.91 Å². The monoisotopic (exact) mass is 296 g/mol. The van der Waals surface area contributed by atoms with E-state index in [4.69, 9.17) is 0 Å². The van der Waals surface area contributed by atoms with E-state index in [-0.39, 0.29) is 17.9 Å². The van der Waals surface area contributed by atoms with Gasteiger partial charge in [0.05, 0.1) is 6.04 Å². The van der Waals surface area contributed by atoms with Crippen molar-refractivity contribution in [1.29, 1.82) is 0 Å². The summed E-state index contributed by atoms with van der Waals surface area (Å²) < 4.78 is 0. The van der Waals surface area contributed by atoms with Crippen molar-refractivity contribution in [2.45, 2.75) is 33.0 Å². The molecule has 0 heterocycles. The molecule has 3 heteroatoms. The van der Waals surface area contributed by atoms with E-state index < -0.39 is 0 Å². The molecule has 3 nitrogen and oxygen atoms in total. The van der Waals surface area contributed by atoms with E-state index in [1.807, 2.05) is 48.5 Å². The quantitative estimate of drug-likeness (QED) is 0.824. The zero-order valence-electron chi connectivity index (χ0n) is 13.3. The first-order valence-electron chi connectivity index (χ1n) is 7.76. The van der Waals surface area contributed by atoms with Crippen molar-refractivity contribution in [3.05, 3.63) is 71.8 Å². The van der Waals surface area contributed by atoms with Crippen LogP contribution in [0.4, 0.5) is 0 Å². The lowest BCUT2D eigenvalue weighted by Crippen LogP contribution is -2.46. The lowest BCUT2D eigenvalue weighted by atomic mass is 10.0. The van der Waals surface area contributed by atoms with Crippen LogP contribution in [0.15, 0.2) is 60.7 Å². The van der Waals surface area contributed by atoms with Crippen molar-refractivity contribution < 1.29 is 4.79 Å². The summed E-state index contributed by atoms with van der Waals surface area (Å²) in [5.41, 5.74) is 2.30. The highest BCUT2D eigenvalue weighted by atomic mass is 16.2. The Balaban J connectivity index is 1.88. The van der Waals surface area contributed by atoms with E-state index in [0.717, 1.165) is 5.56 Å². The molecule has 2 N–H and O–H groups in total. The van der Waals surface area contributed by atoms with Gasteiger partial charge in [0.15, 0.2) is 0 Å². The van der Waals surface area contributed by atoms with Gasteiger partial charge in [0.1, 0.15) is 0 Å². The van der Waals surface area contributed by atoms with Gasteiger partial charge in [-0.2, -0.15) is 0 Å².